The quantitative estimate of drug-likeness (QED) is 0.548. The fraction of sp³-hybridized carbons (Fsp3) is 0.909. The van der Waals surface area contributed by atoms with E-state index < -0.39 is 11.5 Å². The van der Waals surface area contributed by atoms with Crippen LogP contribution in [0.15, 0.2) is 0 Å². The van der Waals surface area contributed by atoms with Crippen LogP contribution in [0.4, 0.5) is 0 Å². The number of carboxylic acid groups (broad SMARTS) is 1. The highest BCUT2D eigenvalue weighted by molar-refractivity contribution is 5.78. The summed E-state index contributed by atoms with van der Waals surface area (Å²) in [7, 11) is 1.66. The van der Waals surface area contributed by atoms with Crippen LogP contribution in [-0.4, -0.2) is 50.1 Å². The molecule has 0 aromatic rings. The van der Waals surface area contributed by atoms with Gasteiger partial charge < -0.3 is 19.9 Å². The third-order valence-corrected chi connectivity index (χ3v) is 2.57. The van der Waals surface area contributed by atoms with Gasteiger partial charge in [0.05, 0.1) is 13.2 Å². The average Bonchev–Trinajstić information content (AvgIpc) is 2.27. The van der Waals surface area contributed by atoms with Crippen molar-refractivity contribution in [3.8, 4) is 0 Å². The molecular formula is C11H23NO4. The molecule has 0 fully saturated rings. The van der Waals surface area contributed by atoms with Gasteiger partial charge in [0.25, 0.3) is 0 Å². The summed E-state index contributed by atoms with van der Waals surface area (Å²) in [4.78, 5) is 10.9. The summed E-state index contributed by atoms with van der Waals surface area (Å²) in [5, 5.41) is 11.8. The van der Waals surface area contributed by atoms with Crippen molar-refractivity contribution in [2.24, 2.45) is 0 Å². The Morgan fingerprint density at radius 3 is 2.44 bits per heavy atom. The molecule has 0 bridgehead atoms. The Bertz CT molecular complexity index is 198. The monoisotopic (exact) mass is 233 g/mol. The molecule has 0 aliphatic rings. The minimum absolute atomic E-state index is 0.549. The zero-order valence-electron chi connectivity index (χ0n) is 10.4. The first-order valence-electron chi connectivity index (χ1n) is 5.64. The molecule has 0 aromatic carbocycles. The van der Waals surface area contributed by atoms with E-state index in [-0.39, 0.29) is 0 Å². The van der Waals surface area contributed by atoms with E-state index in [2.05, 4.69) is 5.32 Å². The number of ether oxygens (including phenoxy) is 2. The molecule has 0 aliphatic heterocycles. The molecule has 0 aliphatic carbocycles. The Morgan fingerprint density at radius 1 is 1.31 bits per heavy atom. The lowest BCUT2D eigenvalue weighted by molar-refractivity contribution is -0.144. The smallest absolute Gasteiger partial charge is 0.323 e. The number of rotatable bonds is 10. The number of aliphatic carboxylic acids is 1. The second-order valence-electron chi connectivity index (χ2n) is 3.80. The van der Waals surface area contributed by atoms with Crippen LogP contribution in [0.25, 0.3) is 0 Å². The summed E-state index contributed by atoms with van der Waals surface area (Å²) >= 11 is 0. The third-order valence-electron chi connectivity index (χ3n) is 2.57. The lowest BCUT2D eigenvalue weighted by Gasteiger charge is -2.23. The van der Waals surface area contributed by atoms with Gasteiger partial charge in [-0.25, -0.2) is 0 Å². The fourth-order valence-electron chi connectivity index (χ4n) is 1.23. The number of hydrogen-bond donors (Lipinski definition) is 2. The van der Waals surface area contributed by atoms with Crippen LogP contribution in [0, 0.1) is 0 Å². The number of hydrogen-bond acceptors (Lipinski definition) is 4. The third kappa shape index (κ3) is 6.05. The van der Waals surface area contributed by atoms with Crippen LogP contribution in [0.5, 0.6) is 0 Å². The van der Waals surface area contributed by atoms with Crippen molar-refractivity contribution in [3.05, 3.63) is 0 Å². The van der Waals surface area contributed by atoms with Crippen LogP contribution in [0.2, 0.25) is 0 Å². The molecule has 0 aromatic heterocycles. The lowest BCUT2D eigenvalue weighted by Crippen LogP contribution is -2.47. The van der Waals surface area contributed by atoms with Crippen molar-refractivity contribution < 1.29 is 19.4 Å². The predicted octanol–water partition coefficient (Wildman–Crippen LogP) is 0.882. The van der Waals surface area contributed by atoms with E-state index in [0.29, 0.717) is 32.8 Å². The van der Waals surface area contributed by atoms with Gasteiger partial charge in [-0.1, -0.05) is 0 Å². The van der Waals surface area contributed by atoms with Gasteiger partial charge in [-0.15, -0.1) is 0 Å². The lowest BCUT2D eigenvalue weighted by atomic mass is 9.96. The highest BCUT2D eigenvalue weighted by Gasteiger charge is 2.30. The first-order valence-corrected chi connectivity index (χ1v) is 5.64. The van der Waals surface area contributed by atoms with Gasteiger partial charge in [0.1, 0.15) is 5.54 Å². The average molecular weight is 233 g/mol. The molecule has 0 heterocycles. The molecule has 5 nitrogen and oxygen atoms in total. The van der Waals surface area contributed by atoms with Crippen LogP contribution in [-0.2, 0) is 14.3 Å². The van der Waals surface area contributed by atoms with E-state index in [9.17, 15) is 4.79 Å². The fourth-order valence-corrected chi connectivity index (χ4v) is 1.23. The summed E-state index contributed by atoms with van der Waals surface area (Å²) < 4.78 is 10.4. The molecular weight excluding hydrogens is 210 g/mol. The minimum Gasteiger partial charge on any atom is -0.480 e. The number of carbonyl (C=O) groups is 1. The maximum absolute atomic E-state index is 10.9. The molecule has 0 rings (SSSR count). The van der Waals surface area contributed by atoms with Gasteiger partial charge in [0.15, 0.2) is 0 Å². The summed E-state index contributed by atoms with van der Waals surface area (Å²) in [6, 6.07) is 0. The van der Waals surface area contributed by atoms with Crippen molar-refractivity contribution in [2.75, 3.05) is 33.5 Å². The highest BCUT2D eigenvalue weighted by Crippen LogP contribution is 2.11. The molecule has 16 heavy (non-hydrogen) atoms. The van der Waals surface area contributed by atoms with Gasteiger partial charge in [0, 0.05) is 13.2 Å². The van der Waals surface area contributed by atoms with Crippen LogP contribution in [0.1, 0.15) is 26.7 Å². The molecule has 0 spiro atoms. The van der Waals surface area contributed by atoms with E-state index in [4.69, 9.17) is 14.6 Å². The first-order chi connectivity index (χ1) is 7.56. The molecule has 2 N–H and O–H groups in total. The van der Waals surface area contributed by atoms with E-state index >= 15 is 0 Å². The zero-order valence-corrected chi connectivity index (χ0v) is 10.4. The van der Waals surface area contributed by atoms with Crippen LogP contribution >= 0.6 is 0 Å². The van der Waals surface area contributed by atoms with Crippen molar-refractivity contribution in [1.82, 2.24) is 5.32 Å². The largest absolute Gasteiger partial charge is 0.480 e. The Kier molecular flexibility index (Phi) is 8.15. The summed E-state index contributed by atoms with van der Waals surface area (Å²) in [5.41, 5.74) is -0.858. The number of carboxylic acids is 1. The first kappa shape index (κ1) is 15.3. The van der Waals surface area contributed by atoms with Gasteiger partial charge in [-0.3, -0.25) is 4.79 Å². The Hall–Kier alpha value is -0.650. The molecule has 1 unspecified atom stereocenters. The van der Waals surface area contributed by atoms with E-state index in [0.717, 1.165) is 6.42 Å². The standard InChI is InChI=1S/C11H23NO4/c1-4-15-8-9-16-7-5-6-11(2,12-3)10(13)14/h12H,4-9H2,1-3H3,(H,13,14). The van der Waals surface area contributed by atoms with E-state index in [1.54, 1.807) is 14.0 Å². The Labute approximate surface area is 97.1 Å². The number of nitrogens with one attached hydrogen (secondary N) is 1. The summed E-state index contributed by atoms with van der Waals surface area (Å²) in [5.74, 6) is -0.829. The molecule has 5 heteroatoms. The molecule has 0 saturated heterocycles. The van der Waals surface area contributed by atoms with Gasteiger partial charge >= 0.3 is 5.97 Å². The SMILES string of the molecule is CCOCCOCCCC(C)(NC)C(=O)O. The maximum Gasteiger partial charge on any atom is 0.323 e. The van der Waals surface area contributed by atoms with Gasteiger partial charge in [-0.05, 0) is 33.7 Å². The second kappa shape index (κ2) is 8.50. The predicted molar refractivity (Wildman–Crippen MR) is 61.6 cm³/mol. The molecule has 0 amide bonds. The molecule has 0 radical (unpaired) electrons. The molecule has 96 valence electrons. The van der Waals surface area contributed by atoms with Crippen LogP contribution in [0.3, 0.4) is 0 Å². The van der Waals surface area contributed by atoms with Crippen LogP contribution < -0.4 is 5.32 Å². The Balaban J connectivity index is 3.53. The zero-order chi connectivity index (χ0) is 12.4. The van der Waals surface area contributed by atoms with E-state index in [1.165, 1.54) is 0 Å². The molecule has 0 saturated carbocycles. The van der Waals surface area contributed by atoms with Gasteiger partial charge in [0.2, 0.25) is 0 Å². The Morgan fingerprint density at radius 2 is 1.94 bits per heavy atom. The second-order valence-corrected chi connectivity index (χ2v) is 3.80. The maximum atomic E-state index is 10.9. The van der Waals surface area contributed by atoms with Gasteiger partial charge in [-0.2, -0.15) is 0 Å². The van der Waals surface area contributed by atoms with Crippen molar-refractivity contribution in [1.29, 1.82) is 0 Å². The molecule has 1 atom stereocenters. The number of likely N-dealkylation sites (N-methyl/N-ethyl adjacent to an activating group) is 1. The highest BCUT2D eigenvalue weighted by atomic mass is 16.5. The minimum atomic E-state index is -0.858. The summed E-state index contributed by atoms with van der Waals surface area (Å²) in [6.07, 6.45) is 1.27. The van der Waals surface area contributed by atoms with Crippen molar-refractivity contribution >= 4 is 5.97 Å². The van der Waals surface area contributed by atoms with Crippen molar-refractivity contribution in [3.63, 3.8) is 0 Å². The summed E-state index contributed by atoms with van der Waals surface area (Å²) in [6.45, 7) is 6.04. The van der Waals surface area contributed by atoms with E-state index in [1.807, 2.05) is 6.92 Å². The normalized spacial score (nSPS) is 14.7. The van der Waals surface area contributed by atoms with Crippen molar-refractivity contribution in [2.45, 2.75) is 32.2 Å². The topological polar surface area (TPSA) is 67.8 Å².